The molecule has 0 radical (unpaired) electrons. The summed E-state index contributed by atoms with van der Waals surface area (Å²) in [6.45, 7) is 1.41. The van der Waals surface area contributed by atoms with E-state index in [9.17, 15) is 0 Å². The first-order valence-electron chi connectivity index (χ1n) is 6.52. The molecule has 3 rings (SSSR count). The van der Waals surface area contributed by atoms with E-state index < -0.39 is 0 Å². The van der Waals surface area contributed by atoms with Gasteiger partial charge in [0.15, 0.2) is 0 Å². The van der Waals surface area contributed by atoms with Crippen LogP contribution in [0, 0.1) is 16.7 Å². The predicted octanol–water partition coefficient (Wildman–Crippen LogP) is 3.45. The molecule has 98 valence electrons. The number of fused-ring (bicyclic) bond motifs is 1. The molecule has 0 unspecified atom stereocenters. The van der Waals surface area contributed by atoms with Gasteiger partial charge in [0.2, 0.25) is 0 Å². The number of hydrogen-bond donors (Lipinski definition) is 1. The van der Waals surface area contributed by atoms with Crippen LogP contribution in [0.4, 0.5) is 0 Å². The minimum Gasteiger partial charge on any atom is -0.347 e. The van der Waals surface area contributed by atoms with Crippen molar-refractivity contribution in [1.82, 2.24) is 4.57 Å². The summed E-state index contributed by atoms with van der Waals surface area (Å²) in [6, 6.07) is 8.22. The van der Waals surface area contributed by atoms with Gasteiger partial charge >= 0.3 is 0 Å². The molecule has 0 saturated heterocycles. The summed E-state index contributed by atoms with van der Waals surface area (Å²) in [7, 11) is 0. The van der Waals surface area contributed by atoms with Gasteiger partial charge in [-0.2, -0.15) is 5.26 Å². The van der Waals surface area contributed by atoms with Gasteiger partial charge in [-0.25, -0.2) is 0 Å². The highest BCUT2D eigenvalue weighted by Crippen LogP contribution is 2.50. The monoisotopic (exact) mass is 273 g/mol. The highest BCUT2D eigenvalue weighted by Gasteiger charge is 2.42. The van der Waals surface area contributed by atoms with Crippen LogP contribution in [0.15, 0.2) is 24.4 Å². The molecular weight excluding hydrogens is 258 g/mol. The quantitative estimate of drug-likeness (QED) is 0.928. The van der Waals surface area contributed by atoms with E-state index in [1.807, 2.05) is 18.2 Å². The molecule has 4 heteroatoms. The van der Waals surface area contributed by atoms with Gasteiger partial charge in [-0.05, 0) is 30.5 Å². The number of hydrogen-bond acceptors (Lipinski definition) is 2. The molecule has 1 aromatic carbocycles. The molecule has 1 aliphatic rings. The summed E-state index contributed by atoms with van der Waals surface area (Å²) in [6.07, 6.45) is 5.02. The van der Waals surface area contributed by atoms with Crippen molar-refractivity contribution in [3.05, 3.63) is 35.0 Å². The van der Waals surface area contributed by atoms with E-state index >= 15 is 0 Å². The SMILES string of the molecule is N#CCC1(Cn2cc(CN)c3ccc(Cl)cc32)CC1. The first-order valence-corrected chi connectivity index (χ1v) is 6.89. The van der Waals surface area contributed by atoms with Crippen LogP contribution in [0.25, 0.3) is 10.9 Å². The fraction of sp³-hybridized carbons (Fsp3) is 0.400. The topological polar surface area (TPSA) is 54.7 Å². The van der Waals surface area contributed by atoms with Crippen molar-refractivity contribution in [1.29, 1.82) is 5.26 Å². The molecule has 3 nitrogen and oxygen atoms in total. The van der Waals surface area contributed by atoms with Crippen LogP contribution in [-0.4, -0.2) is 4.57 Å². The number of nitrogens with zero attached hydrogens (tertiary/aromatic N) is 2. The molecule has 1 aromatic heterocycles. The second kappa shape index (κ2) is 4.56. The fourth-order valence-electron chi connectivity index (χ4n) is 2.73. The van der Waals surface area contributed by atoms with Crippen LogP contribution >= 0.6 is 11.6 Å². The minimum atomic E-state index is 0.175. The van der Waals surface area contributed by atoms with E-state index in [-0.39, 0.29) is 5.41 Å². The number of benzene rings is 1. The van der Waals surface area contributed by atoms with E-state index in [4.69, 9.17) is 22.6 Å². The number of rotatable bonds is 4. The molecule has 0 atom stereocenters. The van der Waals surface area contributed by atoms with Crippen LogP contribution < -0.4 is 5.73 Å². The largest absolute Gasteiger partial charge is 0.347 e. The molecule has 0 amide bonds. The zero-order valence-electron chi connectivity index (χ0n) is 10.7. The van der Waals surface area contributed by atoms with Gasteiger partial charge in [0, 0.05) is 47.0 Å². The van der Waals surface area contributed by atoms with Gasteiger partial charge in [0.05, 0.1) is 6.07 Å². The van der Waals surface area contributed by atoms with E-state index in [1.54, 1.807) is 0 Å². The second-order valence-electron chi connectivity index (χ2n) is 5.48. The third-order valence-corrected chi connectivity index (χ3v) is 4.30. The summed E-state index contributed by atoms with van der Waals surface area (Å²) in [5.74, 6) is 0. The third-order valence-electron chi connectivity index (χ3n) is 4.06. The van der Waals surface area contributed by atoms with Crippen molar-refractivity contribution in [2.45, 2.75) is 32.4 Å². The molecule has 1 fully saturated rings. The highest BCUT2D eigenvalue weighted by molar-refractivity contribution is 6.31. The van der Waals surface area contributed by atoms with Crippen molar-refractivity contribution in [3.63, 3.8) is 0 Å². The zero-order valence-corrected chi connectivity index (χ0v) is 11.5. The normalized spacial score (nSPS) is 16.5. The Kier molecular flexibility index (Phi) is 3.00. The first-order chi connectivity index (χ1) is 9.17. The maximum absolute atomic E-state index is 8.93. The van der Waals surface area contributed by atoms with E-state index in [0.717, 1.165) is 35.5 Å². The Bertz CT molecular complexity index is 662. The molecular formula is C15H16ClN3. The Labute approximate surface area is 117 Å². The average Bonchev–Trinajstić information content (AvgIpc) is 3.06. The summed E-state index contributed by atoms with van der Waals surface area (Å²) in [5.41, 5.74) is 8.24. The number of nitriles is 1. The lowest BCUT2D eigenvalue weighted by Gasteiger charge is -2.13. The second-order valence-corrected chi connectivity index (χ2v) is 5.92. The van der Waals surface area contributed by atoms with Gasteiger partial charge in [-0.3, -0.25) is 0 Å². The Hall–Kier alpha value is -1.50. The smallest absolute Gasteiger partial charge is 0.0628 e. The van der Waals surface area contributed by atoms with Crippen LogP contribution in [-0.2, 0) is 13.1 Å². The Morgan fingerprint density at radius 3 is 2.84 bits per heavy atom. The average molecular weight is 274 g/mol. The van der Waals surface area contributed by atoms with Crippen molar-refractivity contribution >= 4 is 22.5 Å². The van der Waals surface area contributed by atoms with Gasteiger partial charge in [-0.15, -0.1) is 0 Å². The van der Waals surface area contributed by atoms with E-state index in [0.29, 0.717) is 13.0 Å². The number of halogens is 1. The van der Waals surface area contributed by atoms with Gasteiger partial charge in [-0.1, -0.05) is 17.7 Å². The summed E-state index contributed by atoms with van der Waals surface area (Å²) in [4.78, 5) is 0. The molecule has 1 heterocycles. The first kappa shape index (κ1) is 12.5. The van der Waals surface area contributed by atoms with Gasteiger partial charge in [0.25, 0.3) is 0 Å². The van der Waals surface area contributed by atoms with Crippen molar-refractivity contribution in [3.8, 4) is 6.07 Å². The van der Waals surface area contributed by atoms with Crippen molar-refractivity contribution in [2.75, 3.05) is 0 Å². The lowest BCUT2D eigenvalue weighted by atomic mass is 10.0. The van der Waals surface area contributed by atoms with E-state index in [2.05, 4.69) is 16.8 Å². The molecule has 0 spiro atoms. The predicted molar refractivity (Wildman–Crippen MR) is 76.7 cm³/mol. The molecule has 0 bridgehead atoms. The van der Waals surface area contributed by atoms with Crippen LogP contribution in [0.1, 0.15) is 24.8 Å². The zero-order chi connectivity index (χ0) is 13.5. The van der Waals surface area contributed by atoms with Crippen molar-refractivity contribution in [2.24, 2.45) is 11.1 Å². The van der Waals surface area contributed by atoms with Crippen molar-refractivity contribution < 1.29 is 0 Å². The molecule has 2 aromatic rings. The Morgan fingerprint density at radius 2 is 2.21 bits per heavy atom. The maximum Gasteiger partial charge on any atom is 0.0628 e. The fourth-order valence-corrected chi connectivity index (χ4v) is 2.90. The third kappa shape index (κ3) is 2.22. The lowest BCUT2D eigenvalue weighted by molar-refractivity contribution is 0.439. The molecule has 19 heavy (non-hydrogen) atoms. The standard InChI is InChI=1S/C15H16ClN3/c16-12-1-2-13-11(8-18)9-19(14(13)7-12)10-15(3-4-15)5-6-17/h1-2,7,9H,3-5,8,10,18H2. The molecule has 0 aliphatic heterocycles. The highest BCUT2D eigenvalue weighted by atomic mass is 35.5. The maximum atomic E-state index is 8.93. The minimum absolute atomic E-state index is 0.175. The molecule has 1 aliphatic carbocycles. The summed E-state index contributed by atoms with van der Waals surface area (Å²) < 4.78 is 2.22. The van der Waals surface area contributed by atoms with Crippen LogP contribution in [0.5, 0.6) is 0 Å². The Balaban J connectivity index is 2.04. The van der Waals surface area contributed by atoms with Crippen LogP contribution in [0.2, 0.25) is 5.02 Å². The van der Waals surface area contributed by atoms with Gasteiger partial charge < -0.3 is 10.3 Å². The summed E-state index contributed by atoms with van der Waals surface area (Å²) >= 11 is 6.09. The van der Waals surface area contributed by atoms with Gasteiger partial charge in [0.1, 0.15) is 0 Å². The molecule has 1 saturated carbocycles. The number of aromatic nitrogens is 1. The molecule has 2 N–H and O–H groups in total. The number of nitrogens with two attached hydrogens (primary N) is 1. The summed E-state index contributed by atoms with van der Waals surface area (Å²) in [5, 5.41) is 10.8. The lowest BCUT2D eigenvalue weighted by Crippen LogP contribution is -2.10. The van der Waals surface area contributed by atoms with Crippen LogP contribution in [0.3, 0.4) is 0 Å². The Morgan fingerprint density at radius 1 is 1.42 bits per heavy atom. The van der Waals surface area contributed by atoms with E-state index in [1.165, 1.54) is 5.39 Å².